The van der Waals surface area contributed by atoms with E-state index in [2.05, 4.69) is 21.9 Å². The highest BCUT2D eigenvalue weighted by Crippen LogP contribution is 2.37. The van der Waals surface area contributed by atoms with E-state index in [1.165, 1.54) is 16.7 Å². The molecule has 4 aliphatic rings. The van der Waals surface area contributed by atoms with Crippen molar-refractivity contribution in [1.29, 1.82) is 0 Å². The molecule has 4 amide bonds. The number of halogens is 2. The summed E-state index contributed by atoms with van der Waals surface area (Å²) in [7, 11) is 0. The van der Waals surface area contributed by atoms with E-state index in [0.717, 1.165) is 0 Å². The fraction of sp³-hybridized carbons (Fsp3) is 0.750. The first-order valence-electron chi connectivity index (χ1n) is 12.5. The van der Waals surface area contributed by atoms with E-state index in [1.54, 1.807) is 0 Å². The molecule has 9 nitrogen and oxygen atoms in total. The van der Waals surface area contributed by atoms with Gasteiger partial charge in [-0.2, -0.15) is 0 Å². The van der Waals surface area contributed by atoms with E-state index in [1.807, 2.05) is 0 Å². The first kappa shape index (κ1) is 26.5. The number of hydrogen-bond acceptors (Lipinski definition) is 6. The van der Waals surface area contributed by atoms with Crippen molar-refractivity contribution in [3.05, 3.63) is 0 Å². The number of hydrogen-bond donors (Lipinski definition) is 3. The average Bonchev–Trinajstić information content (AvgIpc) is 3.46. The third kappa shape index (κ3) is 6.22. The van der Waals surface area contributed by atoms with Gasteiger partial charge in [0.15, 0.2) is 0 Å². The minimum atomic E-state index is -2.65. The lowest BCUT2D eigenvalue weighted by Gasteiger charge is -2.37. The number of amides is 4. The van der Waals surface area contributed by atoms with Gasteiger partial charge in [0.25, 0.3) is 0 Å². The van der Waals surface area contributed by atoms with Crippen molar-refractivity contribution in [2.24, 2.45) is 11.8 Å². The Morgan fingerprint density at radius 3 is 2.64 bits per heavy atom. The zero-order chi connectivity index (χ0) is 25.9. The molecular formula is C24H32F2N4O5S. The van der Waals surface area contributed by atoms with Crippen LogP contribution in [0, 0.1) is 24.2 Å². The molecule has 3 heterocycles. The number of thioether (sulfide) groups is 1. The lowest BCUT2D eigenvalue weighted by molar-refractivity contribution is -0.143. The molecule has 0 spiro atoms. The average molecular weight is 527 g/mol. The van der Waals surface area contributed by atoms with Crippen LogP contribution in [0.2, 0.25) is 0 Å². The maximum Gasteiger partial charge on any atom is 0.407 e. The summed E-state index contributed by atoms with van der Waals surface area (Å²) in [6.45, 7) is 0.619. The number of nitrogens with one attached hydrogen (secondary N) is 3. The maximum atomic E-state index is 13.3. The second kappa shape index (κ2) is 11.2. The molecule has 3 saturated heterocycles. The zero-order valence-electron chi connectivity index (χ0n) is 20.0. The van der Waals surface area contributed by atoms with E-state index in [9.17, 15) is 28.0 Å². The Bertz CT molecular complexity index is 919. The number of nitrogens with zero attached hydrogens (tertiary/aromatic N) is 1. The van der Waals surface area contributed by atoms with Gasteiger partial charge in [-0.1, -0.05) is 5.92 Å². The lowest BCUT2D eigenvalue weighted by atomic mass is 9.87. The largest absolute Gasteiger partial charge is 0.449 e. The van der Waals surface area contributed by atoms with Crippen molar-refractivity contribution in [2.45, 2.75) is 80.8 Å². The van der Waals surface area contributed by atoms with Gasteiger partial charge in [0.2, 0.25) is 23.6 Å². The Labute approximate surface area is 213 Å². The number of terminal acetylenes is 1. The Hall–Kier alpha value is -2.55. The molecule has 198 valence electrons. The van der Waals surface area contributed by atoms with Crippen LogP contribution >= 0.6 is 11.8 Å². The van der Waals surface area contributed by atoms with Gasteiger partial charge in [-0.15, -0.1) is 18.2 Å². The smallest absolute Gasteiger partial charge is 0.407 e. The maximum absolute atomic E-state index is 13.3. The molecule has 12 heteroatoms. The quantitative estimate of drug-likeness (QED) is 0.434. The summed E-state index contributed by atoms with van der Waals surface area (Å²) in [5.41, 5.74) is 0. The van der Waals surface area contributed by atoms with Crippen LogP contribution in [0.4, 0.5) is 13.6 Å². The second-order valence-electron chi connectivity index (χ2n) is 9.96. The van der Waals surface area contributed by atoms with Crippen LogP contribution in [0.5, 0.6) is 0 Å². The highest BCUT2D eigenvalue weighted by Gasteiger charge is 2.47. The SMILES string of the molecule is C#C[C@H](C[C@@H]1CCNC1=O)NC(=O)[C@@H]1CS[C@H]2CC[C@H](NC(=O)OCC3CCC(F)(F)CC3)C(=O)N21. The zero-order valence-corrected chi connectivity index (χ0v) is 20.8. The molecular weight excluding hydrogens is 494 g/mol. The van der Waals surface area contributed by atoms with Gasteiger partial charge in [-0.25, -0.2) is 13.6 Å². The van der Waals surface area contributed by atoms with Crippen LogP contribution in [0.1, 0.15) is 51.4 Å². The van der Waals surface area contributed by atoms with E-state index >= 15 is 0 Å². The third-order valence-electron chi connectivity index (χ3n) is 7.43. The van der Waals surface area contributed by atoms with Crippen molar-refractivity contribution in [2.75, 3.05) is 18.9 Å². The monoisotopic (exact) mass is 526 g/mol. The molecule has 0 unspecified atom stereocenters. The highest BCUT2D eigenvalue weighted by atomic mass is 32.2. The van der Waals surface area contributed by atoms with Crippen molar-refractivity contribution in [3.8, 4) is 12.3 Å². The van der Waals surface area contributed by atoms with Gasteiger partial charge < -0.3 is 25.6 Å². The molecule has 4 rings (SSSR count). The van der Waals surface area contributed by atoms with Gasteiger partial charge >= 0.3 is 6.09 Å². The summed E-state index contributed by atoms with van der Waals surface area (Å²) in [6.07, 6.45) is 6.99. The topological polar surface area (TPSA) is 117 Å². The van der Waals surface area contributed by atoms with Crippen molar-refractivity contribution < 1.29 is 32.7 Å². The van der Waals surface area contributed by atoms with Crippen LogP contribution in [-0.2, 0) is 19.1 Å². The number of fused-ring (bicyclic) bond motifs is 1. The van der Waals surface area contributed by atoms with Gasteiger partial charge in [0, 0.05) is 31.1 Å². The van der Waals surface area contributed by atoms with Crippen molar-refractivity contribution in [1.82, 2.24) is 20.9 Å². The Morgan fingerprint density at radius 2 is 1.97 bits per heavy atom. The minimum Gasteiger partial charge on any atom is -0.449 e. The van der Waals surface area contributed by atoms with Crippen LogP contribution in [0.3, 0.4) is 0 Å². The minimum absolute atomic E-state index is 0.0303. The van der Waals surface area contributed by atoms with Crippen LogP contribution in [0.15, 0.2) is 0 Å². The lowest BCUT2D eigenvalue weighted by Crippen LogP contribution is -2.59. The molecule has 5 atom stereocenters. The second-order valence-corrected chi connectivity index (χ2v) is 11.2. The van der Waals surface area contributed by atoms with Crippen LogP contribution in [-0.4, -0.2) is 77.0 Å². The summed E-state index contributed by atoms with van der Waals surface area (Å²) in [4.78, 5) is 51.9. The summed E-state index contributed by atoms with van der Waals surface area (Å²) in [5, 5.41) is 7.96. The highest BCUT2D eigenvalue weighted by molar-refractivity contribution is 8.00. The van der Waals surface area contributed by atoms with Crippen LogP contribution < -0.4 is 16.0 Å². The van der Waals surface area contributed by atoms with Gasteiger partial charge in [-0.05, 0) is 44.4 Å². The molecule has 1 aliphatic carbocycles. The van der Waals surface area contributed by atoms with Crippen molar-refractivity contribution in [3.63, 3.8) is 0 Å². The summed E-state index contributed by atoms with van der Waals surface area (Å²) in [6, 6.07) is -2.19. The molecule has 0 aromatic rings. The number of carbonyl (C=O) groups excluding carboxylic acids is 4. The predicted octanol–water partition coefficient (Wildman–Crippen LogP) is 1.61. The molecule has 0 bridgehead atoms. The fourth-order valence-corrected chi connectivity index (χ4v) is 6.70. The number of alkyl halides is 2. The molecule has 1 saturated carbocycles. The van der Waals surface area contributed by atoms with E-state index in [0.29, 0.717) is 38.0 Å². The third-order valence-corrected chi connectivity index (χ3v) is 8.79. The first-order chi connectivity index (χ1) is 17.2. The van der Waals surface area contributed by atoms with Gasteiger partial charge in [0.1, 0.15) is 12.1 Å². The predicted molar refractivity (Wildman–Crippen MR) is 128 cm³/mol. The molecule has 3 N–H and O–H groups in total. The molecule has 0 aromatic carbocycles. The number of alkyl carbamates (subject to hydrolysis) is 1. The Kier molecular flexibility index (Phi) is 8.27. The van der Waals surface area contributed by atoms with Gasteiger partial charge in [0.05, 0.1) is 18.0 Å². The fourth-order valence-electron chi connectivity index (χ4n) is 5.27. The standard InChI is InChI=1S/C24H32F2N4O5S/c1-2-16(11-15-7-10-27-20(15)31)28-21(32)18-13-36-19-4-3-17(22(33)30(18)19)29-23(34)35-12-14-5-8-24(25,26)9-6-14/h1,14-19H,3-13H2,(H,27,31)(H,28,32)(H,29,34)/t15-,16+,17-,18-,19-/m0/s1. The molecule has 0 aromatic heterocycles. The number of carbonyl (C=O) groups is 4. The number of piperidine rings is 1. The summed E-state index contributed by atoms with van der Waals surface area (Å²) >= 11 is 1.51. The van der Waals surface area contributed by atoms with E-state index < -0.39 is 30.1 Å². The first-order valence-corrected chi connectivity index (χ1v) is 13.5. The van der Waals surface area contributed by atoms with E-state index in [-0.39, 0.29) is 67.2 Å². The summed E-state index contributed by atoms with van der Waals surface area (Å²) in [5.74, 6) is -0.895. The number of ether oxygens (including phenoxy) is 1. The normalized spacial score (nSPS) is 30.6. The number of rotatable bonds is 7. The van der Waals surface area contributed by atoms with Crippen LogP contribution in [0.25, 0.3) is 0 Å². The summed E-state index contributed by atoms with van der Waals surface area (Å²) < 4.78 is 31.8. The molecule has 3 aliphatic heterocycles. The Morgan fingerprint density at radius 1 is 1.22 bits per heavy atom. The van der Waals surface area contributed by atoms with Crippen molar-refractivity contribution >= 4 is 35.6 Å². The van der Waals surface area contributed by atoms with Gasteiger partial charge in [-0.3, -0.25) is 14.4 Å². The molecule has 0 radical (unpaired) electrons. The van der Waals surface area contributed by atoms with E-state index in [4.69, 9.17) is 11.2 Å². The molecule has 4 fully saturated rings. The Balaban J connectivity index is 1.27. The molecule has 36 heavy (non-hydrogen) atoms.